The molecule has 0 radical (unpaired) electrons. The van der Waals surface area contributed by atoms with Gasteiger partial charge < -0.3 is 5.11 Å². The molecule has 0 saturated heterocycles. The van der Waals surface area contributed by atoms with Crippen LogP contribution >= 0.6 is 11.6 Å². The van der Waals surface area contributed by atoms with Crippen LogP contribution in [0.5, 0.6) is 0 Å². The molecular formula is C14H16ClFN2O. The summed E-state index contributed by atoms with van der Waals surface area (Å²) < 4.78 is 15.1. The second kappa shape index (κ2) is 5.31. The highest BCUT2D eigenvalue weighted by Crippen LogP contribution is 2.24. The number of aliphatic hydroxyl groups excluding tert-OH is 1. The van der Waals surface area contributed by atoms with Crippen molar-refractivity contribution >= 4 is 11.6 Å². The minimum atomic E-state index is -0.572. The average molecular weight is 283 g/mol. The average Bonchev–Trinajstić information content (AvgIpc) is 2.60. The highest BCUT2D eigenvalue weighted by Gasteiger charge is 2.16. The van der Waals surface area contributed by atoms with Gasteiger partial charge in [0.15, 0.2) is 0 Å². The Bertz CT molecular complexity index is 608. The molecule has 0 aliphatic rings. The Hall–Kier alpha value is -1.39. The number of benzene rings is 1. The summed E-state index contributed by atoms with van der Waals surface area (Å²) in [6, 6.07) is 4.72. The SMILES string of the molecule is Cc1nn(Cc2cccc(F)c2Cl)c(C)c1C(C)O. The summed E-state index contributed by atoms with van der Waals surface area (Å²) in [5.74, 6) is -0.434. The van der Waals surface area contributed by atoms with Crippen LogP contribution in [0.4, 0.5) is 4.39 Å². The van der Waals surface area contributed by atoms with E-state index in [1.165, 1.54) is 6.07 Å². The molecule has 1 aromatic carbocycles. The predicted octanol–water partition coefficient (Wildman–Crippen LogP) is 3.39. The van der Waals surface area contributed by atoms with Crippen LogP contribution in [0.1, 0.15) is 35.5 Å². The van der Waals surface area contributed by atoms with Gasteiger partial charge in [0.1, 0.15) is 5.82 Å². The van der Waals surface area contributed by atoms with Gasteiger partial charge in [-0.15, -0.1) is 0 Å². The van der Waals surface area contributed by atoms with Crippen molar-refractivity contribution in [1.82, 2.24) is 9.78 Å². The summed E-state index contributed by atoms with van der Waals surface area (Å²) in [6.45, 7) is 5.82. The second-order valence-electron chi connectivity index (χ2n) is 4.63. The first-order valence-corrected chi connectivity index (χ1v) is 6.44. The molecule has 2 rings (SSSR count). The molecule has 2 aromatic rings. The molecule has 0 aliphatic heterocycles. The van der Waals surface area contributed by atoms with Crippen molar-refractivity contribution in [2.45, 2.75) is 33.4 Å². The molecule has 5 heteroatoms. The van der Waals surface area contributed by atoms with Crippen molar-refractivity contribution in [1.29, 1.82) is 0 Å². The van der Waals surface area contributed by atoms with Gasteiger partial charge in [-0.2, -0.15) is 5.10 Å². The zero-order valence-electron chi connectivity index (χ0n) is 11.1. The lowest BCUT2D eigenvalue weighted by Crippen LogP contribution is -2.06. The first-order chi connectivity index (χ1) is 8.91. The van der Waals surface area contributed by atoms with Crippen molar-refractivity contribution in [2.75, 3.05) is 0 Å². The summed E-state index contributed by atoms with van der Waals surface area (Å²) >= 11 is 5.94. The second-order valence-corrected chi connectivity index (χ2v) is 5.01. The Labute approximate surface area is 116 Å². The number of nitrogens with zero attached hydrogens (tertiary/aromatic N) is 2. The van der Waals surface area contributed by atoms with E-state index in [4.69, 9.17) is 11.6 Å². The standard InChI is InChI=1S/C14H16ClFN2O/c1-8-13(10(3)19)9(2)18(17-8)7-11-5-4-6-12(16)14(11)15/h4-6,10,19H,7H2,1-3H3. The summed E-state index contributed by atoms with van der Waals surface area (Å²) in [6.07, 6.45) is -0.572. The molecule has 3 nitrogen and oxygen atoms in total. The van der Waals surface area contributed by atoms with Gasteiger partial charge in [0.05, 0.1) is 23.4 Å². The highest BCUT2D eigenvalue weighted by molar-refractivity contribution is 6.31. The Morgan fingerprint density at radius 3 is 2.68 bits per heavy atom. The normalized spacial score (nSPS) is 12.7. The molecule has 0 aliphatic carbocycles. The molecule has 1 atom stereocenters. The lowest BCUT2D eigenvalue weighted by atomic mass is 10.1. The number of halogens is 2. The third kappa shape index (κ3) is 2.65. The van der Waals surface area contributed by atoms with E-state index in [2.05, 4.69) is 5.10 Å². The van der Waals surface area contributed by atoms with Crippen LogP contribution < -0.4 is 0 Å². The number of hydrogen-bond acceptors (Lipinski definition) is 2. The Morgan fingerprint density at radius 1 is 1.42 bits per heavy atom. The van der Waals surface area contributed by atoms with E-state index in [0.717, 1.165) is 17.0 Å². The first kappa shape index (κ1) is 14.0. The Kier molecular flexibility index (Phi) is 3.92. The van der Waals surface area contributed by atoms with E-state index < -0.39 is 11.9 Å². The van der Waals surface area contributed by atoms with E-state index in [1.807, 2.05) is 13.8 Å². The molecule has 1 unspecified atom stereocenters. The molecule has 0 fully saturated rings. The third-order valence-electron chi connectivity index (χ3n) is 3.21. The molecular weight excluding hydrogens is 267 g/mol. The highest BCUT2D eigenvalue weighted by atomic mass is 35.5. The lowest BCUT2D eigenvalue weighted by molar-refractivity contribution is 0.197. The van der Waals surface area contributed by atoms with Gasteiger partial charge in [0, 0.05) is 11.3 Å². The molecule has 1 aromatic heterocycles. The van der Waals surface area contributed by atoms with E-state index in [0.29, 0.717) is 12.1 Å². The van der Waals surface area contributed by atoms with E-state index >= 15 is 0 Å². The fourth-order valence-corrected chi connectivity index (χ4v) is 2.49. The summed E-state index contributed by atoms with van der Waals surface area (Å²) in [5.41, 5.74) is 3.13. The van der Waals surface area contributed by atoms with Crippen LogP contribution in [-0.4, -0.2) is 14.9 Å². The summed E-state index contributed by atoms with van der Waals surface area (Å²) in [7, 11) is 0. The Morgan fingerprint density at radius 2 is 2.11 bits per heavy atom. The fraction of sp³-hybridized carbons (Fsp3) is 0.357. The van der Waals surface area contributed by atoms with Crippen molar-refractivity contribution < 1.29 is 9.50 Å². The number of hydrogen-bond donors (Lipinski definition) is 1. The Balaban J connectivity index is 2.39. The number of aliphatic hydroxyl groups is 1. The van der Waals surface area contributed by atoms with Crippen molar-refractivity contribution in [2.24, 2.45) is 0 Å². The van der Waals surface area contributed by atoms with E-state index in [9.17, 15) is 9.50 Å². The molecule has 0 bridgehead atoms. The maximum absolute atomic E-state index is 13.4. The predicted molar refractivity (Wildman–Crippen MR) is 72.8 cm³/mol. The van der Waals surface area contributed by atoms with Crippen LogP contribution in [0.3, 0.4) is 0 Å². The van der Waals surface area contributed by atoms with Gasteiger partial charge in [0.2, 0.25) is 0 Å². The molecule has 1 heterocycles. The van der Waals surface area contributed by atoms with Crippen LogP contribution in [0.15, 0.2) is 18.2 Å². The number of aromatic nitrogens is 2. The van der Waals surface area contributed by atoms with Crippen LogP contribution in [0.25, 0.3) is 0 Å². The maximum atomic E-state index is 13.4. The zero-order chi connectivity index (χ0) is 14.2. The first-order valence-electron chi connectivity index (χ1n) is 6.06. The van der Waals surface area contributed by atoms with Gasteiger partial charge in [-0.1, -0.05) is 23.7 Å². The van der Waals surface area contributed by atoms with Gasteiger partial charge in [-0.05, 0) is 32.4 Å². The zero-order valence-corrected chi connectivity index (χ0v) is 11.9. The molecule has 102 valence electrons. The topological polar surface area (TPSA) is 38.0 Å². The maximum Gasteiger partial charge on any atom is 0.142 e. The molecule has 0 spiro atoms. The van der Waals surface area contributed by atoms with Crippen LogP contribution in [0, 0.1) is 19.7 Å². The minimum absolute atomic E-state index is 0.119. The fourth-order valence-electron chi connectivity index (χ4n) is 2.30. The van der Waals surface area contributed by atoms with Crippen LogP contribution in [-0.2, 0) is 6.54 Å². The number of aryl methyl sites for hydroxylation is 1. The van der Waals surface area contributed by atoms with Gasteiger partial charge >= 0.3 is 0 Å². The summed E-state index contributed by atoms with van der Waals surface area (Å²) in [5, 5.41) is 14.2. The largest absolute Gasteiger partial charge is 0.389 e. The smallest absolute Gasteiger partial charge is 0.142 e. The monoisotopic (exact) mass is 282 g/mol. The molecule has 1 N–H and O–H groups in total. The minimum Gasteiger partial charge on any atom is -0.389 e. The molecule has 0 saturated carbocycles. The lowest BCUT2D eigenvalue weighted by Gasteiger charge is -2.09. The quantitative estimate of drug-likeness (QED) is 0.937. The van der Waals surface area contributed by atoms with Crippen molar-refractivity contribution in [3.8, 4) is 0 Å². The van der Waals surface area contributed by atoms with Gasteiger partial charge in [0.25, 0.3) is 0 Å². The van der Waals surface area contributed by atoms with Gasteiger partial charge in [-0.3, -0.25) is 4.68 Å². The summed E-state index contributed by atoms with van der Waals surface area (Å²) in [4.78, 5) is 0. The van der Waals surface area contributed by atoms with E-state index in [-0.39, 0.29) is 5.02 Å². The number of rotatable bonds is 3. The van der Waals surface area contributed by atoms with Crippen molar-refractivity contribution in [3.63, 3.8) is 0 Å². The van der Waals surface area contributed by atoms with E-state index in [1.54, 1.807) is 23.7 Å². The molecule has 0 amide bonds. The van der Waals surface area contributed by atoms with Crippen molar-refractivity contribution in [3.05, 3.63) is 51.6 Å². The van der Waals surface area contributed by atoms with Gasteiger partial charge in [-0.25, -0.2) is 4.39 Å². The third-order valence-corrected chi connectivity index (χ3v) is 3.63. The molecule has 19 heavy (non-hydrogen) atoms. The van der Waals surface area contributed by atoms with Crippen LogP contribution in [0.2, 0.25) is 5.02 Å².